The first-order chi connectivity index (χ1) is 12.5. The van der Waals surface area contributed by atoms with E-state index in [4.69, 9.17) is 9.47 Å². The molecule has 0 radical (unpaired) electrons. The first-order valence-corrected chi connectivity index (χ1v) is 8.92. The van der Waals surface area contributed by atoms with E-state index >= 15 is 0 Å². The van der Waals surface area contributed by atoms with Crippen molar-refractivity contribution in [2.45, 2.75) is 32.9 Å². The second-order valence-corrected chi connectivity index (χ2v) is 6.42. The maximum absolute atomic E-state index is 11.1. The van der Waals surface area contributed by atoms with Crippen molar-refractivity contribution in [2.75, 3.05) is 24.6 Å². The second kappa shape index (κ2) is 8.08. The summed E-state index contributed by atoms with van der Waals surface area (Å²) in [6.07, 6.45) is 1.98. The third-order valence-corrected chi connectivity index (χ3v) is 4.30. The molecule has 1 atom stereocenters. The van der Waals surface area contributed by atoms with Crippen LogP contribution in [0.2, 0.25) is 0 Å². The molecule has 1 fully saturated rings. The molecule has 1 amide bonds. The Hall–Kier alpha value is -2.76. The molecule has 2 aromatic rings. The van der Waals surface area contributed by atoms with E-state index < -0.39 is 0 Å². The first-order valence-electron chi connectivity index (χ1n) is 8.92. The van der Waals surface area contributed by atoms with Crippen LogP contribution in [0.1, 0.15) is 32.4 Å². The number of ether oxygens (including phenoxy) is 2. The Bertz CT molecular complexity index is 725. The molecule has 0 bridgehead atoms. The number of benzene rings is 1. The SMILES string of the molecule is CCOc1ccc(OC2CN(c3ccc(C(C)NC(C)=O)cn3)C2)cc1. The fraction of sp³-hybridized carbons (Fsp3) is 0.400. The highest BCUT2D eigenvalue weighted by molar-refractivity contribution is 5.73. The molecule has 1 aliphatic rings. The number of nitrogens with zero attached hydrogens (tertiary/aromatic N) is 2. The van der Waals surface area contributed by atoms with Crippen molar-refractivity contribution < 1.29 is 14.3 Å². The number of amides is 1. The maximum Gasteiger partial charge on any atom is 0.217 e. The van der Waals surface area contributed by atoms with Crippen molar-refractivity contribution in [2.24, 2.45) is 0 Å². The molecule has 1 aliphatic heterocycles. The number of aromatic nitrogens is 1. The summed E-state index contributed by atoms with van der Waals surface area (Å²) in [6.45, 7) is 7.70. The minimum absolute atomic E-state index is 0.0406. The van der Waals surface area contributed by atoms with E-state index in [2.05, 4.69) is 15.2 Å². The normalized spacial score (nSPS) is 15.1. The zero-order valence-corrected chi connectivity index (χ0v) is 15.4. The largest absolute Gasteiger partial charge is 0.494 e. The van der Waals surface area contributed by atoms with Crippen LogP contribution in [0, 0.1) is 0 Å². The second-order valence-electron chi connectivity index (χ2n) is 6.42. The predicted octanol–water partition coefficient (Wildman–Crippen LogP) is 2.95. The van der Waals surface area contributed by atoms with Crippen LogP contribution in [0.5, 0.6) is 11.5 Å². The highest BCUT2D eigenvalue weighted by Crippen LogP contribution is 2.25. The van der Waals surface area contributed by atoms with Crippen molar-refractivity contribution in [3.8, 4) is 11.5 Å². The summed E-state index contributed by atoms with van der Waals surface area (Å²) in [6, 6.07) is 11.7. The highest BCUT2D eigenvalue weighted by atomic mass is 16.5. The number of anilines is 1. The van der Waals surface area contributed by atoms with Gasteiger partial charge in [-0.2, -0.15) is 0 Å². The lowest BCUT2D eigenvalue weighted by Gasteiger charge is -2.39. The Morgan fingerprint density at radius 2 is 1.92 bits per heavy atom. The van der Waals surface area contributed by atoms with Gasteiger partial charge < -0.3 is 19.7 Å². The molecular weight excluding hydrogens is 330 g/mol. The van der Waals surface area contributed by atoms with Crippen LogP contribution in [0.15, 0.2) is 42.6 Å². The van der Waals surface area contributed by atoms with Crippen LogP contribution in [0.3, 0.4) is 0 Å². The topological polar surface area (TPSA) is 63.7 Å². The van der Waals surface area contributed by atoms with Crippen LogP contribution in [0.25, 0.3) is 0 Å². The lowest BCUT2D eigenvalue weighted by Crippen LogP contribution is -2.54. The fourth-order valence-electron chi connectivity index (χ4n) is 2.90. The molecule has 1 aromatic carbocycles. The molecule has 0 spiro atoms. The van der Waals surface area contributed by atoms with E-state index in [0.29, 0.717) is 6.61 Å². The zero-order valence-electron chi connectivity index (χ0n) is 15.4. The average molecular weight is 355 g/mol. The number of pyridine rings is 1. The van der Waals surface area contributed by atoms with Crippen molar-refractivity contribution >= 4 is 11.7 Å². The number of hydrogen-bond donors (Lipinski definition) is 1. The Kier molecular flexibility index (Phi) is 5.61. The maximum atomic E-state index is 11.1. The smallest absolute Gasteiger partial charge is 0.217 e. The van der Waals surface area contributed by atoms with Gasteiger partial charge in [-0.15, -0.1) is 0 Å². The van der Waals surface area contributed by atoms with Gasteiger partial charge in [0.2, 0.25) is 5.91 Å². The summed E-state index contributed by atoms with van der Waals surface area (Å²) >= 11 is 0. The molecule has 138 valence electrons. The van der Waals surface area contributed by atoms with Gasteiger partial charge in [-0.1, -0.05) is 6.07 Å². The van der Waals surface area contributed by atoms with Gasteiger partial charge in [0.05, 0.1) is 25.7 Å². The first kappa shape index (κ1) is 18.0. The minimum atomic E-state index is -0.0430. The monoisotopic (exact) mass is 355 g/mol. The van der Waals surface area contributed by atoms with Crippen molar-refractivity contribution in [1.82, 2.24) is 10.3 Å². The Labute approximate surface area is 154 Å². The Balaban J connectivity index is 1.49. The van der Waals surface area contributed by atoms with Crippen LogP contribution in [0.4, 0.5) is 5.82 Å². The highest BCUT2D eigenvalue weighted by Gasteiger charge is 2.29. The van der Waals surface area contributed by atoms with E-state index in [9.17, 15) is 4.79 Å². The van der Waals surface area contributed by atoms with Crippen molar-refractivity contribution in [3.05, 3.63) is 48.2 Å². The summed E-state index contributed by atoms with van der Waals surface area (Å²) in [5, 5.41) is 2.86. The molecular formula is C20H25N3O3. The van der Waals surface area contributed by atoms with Crippen LogP contribution in [-0.2, 0) is 4.79 Å². The molecule has 0 saturated carbocycles. The molecule has 26 heavy (non-hydrogen) atoms. The van der Waals surface area contributed by atoms with Gasteiger partial charge in [-0.3, -0.25) is 4.79 Å². The molecule has 3 rings (SSSR count). The molecule has 1 saturated heterocycles. The molecule has 1 aromatic heterocycles. The van der Waals surface area contributed by atoms with Crippen LogP contribution in [-0.4, -0.2) is 36.7 Å². The average Bonchev–Trinajstić information content (AvgIpc) is 2.59. The summed E-state index contributed by atoms with van der Waals surface area (Å²) in [4.78, 5) is 17.8. The number of carbonyl (C=O) groups is 1. The van der Waals surface area contributed by atoms with Gasteiger partial charge in [0.25, 0.3) is 0 Å². The van der Waals surface area contributed by atoms with E-state index in [1.165, 1.54) is 6.92 Å². The van der Waals surface area contributed by atoms with Gasteiger partial charge in [-0.25, -0.2) is 4.98 Å². The van der Waals surface area contributed by atoms with E-state index in [-0.39, 0.29) is 18.1 Å². The molecule has 1 unspecified atom stereocenters. The quantitative estimate of drug-likeness (QED) is 0.827. The van der Waals surface area contributed by atoms with Gasteiger partial charge >= 0.3 is 0 Å². The Morgan fingerprint density at radius 3 is 2.50 bits per heavy atom. The number of nitrogens with one attached hydrogen (secondary N) is 1. The summed E-state index contributed by atoms with van der Waals surface area (Å²) in [7, 11) is 0. The zero-order chi connectivity index (χ0) is 18.5. The number of carbonyl (C=O) groups excluding carboxylic acids is 1. The predicted molar refractivity (Wildman–Crippen MR) is 101 cm³/mol. The molecule has 6 heteroatoms. The Morgan fingerprint density at radius 1 is 1.23 bits per heavy atom. The lowest BCUT2D eigenvalue weighted by atomic mass is 10.1. The van der Waals surface area contributed by atoms with Gasteiger partial charge in [0.15, 0.2) is 0 Å². The summed E-state index contributed by atoms with van der Waals surface area (Å²) in [5.41, 5.74) is 0.992. The standard InChI is InChI=1S/C20H25N3O3/c1-4-25-17-6-8-18(9-7-17)26-19-12-23(13-19)20-10-5-16(11-21-20)14(2)22-15(3)24/h5-11,14,19H,4,12-13H2,1-3H3,(H,22,24). The molecule has 2 heterocycles. The van der Waals surface area contributed by atoms with E-state index in [1.807, 2.05) is 56.4 Å². The number of hydrogen-bond acceptors (Lipinski definition) is 5. The van der Waals surface area contributed by atoms with Crippen LogP contribution < -0.4 is 19.7 Å². The van der Waals surface area contributed by atoms with Crippen LogP contribution >= 0.6 is 0 Å². The number of rotatable bonds is 7. The molecule has 1 N–H and O–H groups in total. The molecule has 6 nitrogen and oxygen atoms in total. The third-order valence-electron chi connectivity index (χ3n) is 4.30. The summed E-state index contributed by atoms with van der Waals surface area (Å²) in [5.74, 6) is 2.59. The van der Waals surface area contributed by atoms with Crippen molar-refractivity contribution in [1.29, 1.82) is 0 Å². The van der Waals surface area contributed by atoms with E-state index in [0.717, 1.165) is 36.0 Å². The lowest BCUT2D eigenvalue weighted by molar-refractivity contribution is -0.119. The van der Waals surface area contributed by atoms with Gasteiger partial charge in [0.1, 0.15) is 23.4 Å². The fourth-order valence-corrected chi connectivity index (χ4v) is 2.90. The third kappa shape index (κ3) is 4.45. The van der Waals surface area contributed by atoms with Gasteiger partial charge in [-0.05, 0) is 49.7 Å². The van der Waals surface area contributed by atoms with Gasteiger partial charge in [0, 0.05) is 13.1 Å². The summed E-state index contributed by atoms with van der Waals surface area (Å²) < 4.78 is 11.4. The van der Waals surface area contributed by atoms with E-state index in [1.54, 1.807) is 0 Å². The minimum Gasteiger partial charge on any atom is -0.494 e. The van der Waals surface area contributed by atoms with Crippen molar-refractivity contribution in [3.63, 3.8) is 0 Å². The molecule has 0 aliphatic carbocycles.